The fourth-order valence-electron chi connectivity index (χ4n) is 1.03. The number of rotatable bonds is 2. The van der Waals surface area contributed by atoms with Crippen LogP contribution in [0.25, 0.3) is 0 Å². The van der Waals surface area contributed by atoms with E-state index in [1.807, 2.05) is 0 Å². The van der Waals surface area contributed by atoms with Gasteiger partial charge in [0.1, 0.15) is 11.6 Å². The zero-order valence-corrected chi connectivity index (χ0v) is 7.76. The second-order valence-corrected chi connectivity index (χ2v) is 2.59. The van der Waals surface area contributed by atoms with Crippen molar-refractivity contribution in [2.45, 2.75) is 0 Å². The molecule has 0 saturated heterocycles. The highest BCUT2D eigenvalue weighted by molar-refractivity contribution is 5.90. The normalized spacial score (nSPS) is 9.07. The van der Waals surface area contributed by atoms with E-state index in [9.17, 15) is 14.9 Å². The van der Waals surface area contributed by atoms with Gasteiger partial charge < -0.3 is 4.74 Å². The first-order chi connectivity index (χ1) is 7.10. The predicted octanol–water partition coefficient (Wildman–Crippen LogP) is 1.25. The number of nitriles is 1. The van der Waals surface area contributed by atoms with Crippen LogP contribution >= 0.6 is 0 Å². The van der Waals surface area contributed by atoms with Gasteiger partial charge in [-0.05, 0) is 12.1 Å². The molecule has 6 heteroatoms. The maximum absolute atomic E-state index is 11.1. The van der Waals surface area contributed by atoms with Crippen molar-refractivity contribution in [1.82, 2.24) is 0 Å². The van der Waals surface area contributed by atoms with Crippen LogP contribution < -0.4 is 0 Å². The summed E-state index contributed by atoms with van der Waals surface area (Å²) in [5.41, 5.74) is -0.382. The minimum atomic E-state index is -0.681. The summed E-state index contributed by atoms with van der Waals surface area (Å²) in [5.74, 6) is -0.638. The maximum atomic E-state index is 11.1. The van der Waals surface area contributed by atoms with E-state index >= 15 is 0 Å². The van der Waals surface area contributed by atoms with Crippen LogP contribution in [0.5, 0.6) is 0 Å². The highest BCUT2D eigenvalue weighted by Crippen LogP contribution is 2.19. The van der Waals surface area contributed by atoms with Crippen molar-refractivity contribution in [3.63, 3.8) is 0 Å². The number of carbonyl (C=O) groups excluding carboxylic acids is 1. The van der Waals surface area contributed by atoms with Crippen molar-refractivity contribution in [1.29, 1.82) is 5.26 Å². The molecule has 0 heterocycles. The summed E-state index contributed by atoms with van der Waals surface area (Å²) < 4.78 is 4.42. The van der Waals surface area contributed by atoms with Crippen molar-refractivity contribution in [3.8, 4) is 6.07 Å². The van der Waals surface area contributed by atoms with Gasteiger partial charge in [0, 0.05) is 6.07 Å². The third kappa shape index (κ3) is 2.08. The quantitative estimate of drug-likeness (QED) is 0.412. The minimum Gasteiger partial charge on any atom is -0.465 e. The van der Waals surface area contributed by atoms with Crippen LogP contribution in [0.15, 0.2) is 18.2 Å². The van der Waals surface area contributed by atoms with E-state index in [0.29, 0.717) is 0 Å². The third-order valence-electron chi connectivity index (χ3n) is 1.73. The van der Waals surface area contributed by atoms with E-state index in [4.69, 9.17) is 5.26 Å². The van der Waals surface area contributed by atoms with Crippen molar-refractivity contribution in [2.24, 2.45) is 0 Å². The molecule has 1 aromatic carbocycles. The Morgan fingerprint density at radius 3 is 2.73 bits per heavy atom. The summed E-state index contributed by atoms with van der Waals surface area (Å²) in [6.07, 6.45) is 0. The Hall–Kier alpha value is -2.42. The maximum Gasteiger partial charge on any atom is 0.337 e. The second kappa shape index (κ2) is 4.19. The zero-order valence-electron chi connectivity index (χ0n) is 7.76. The Labute approximate surface area is 84.8 Å². The number of esters is 1. The molecule has 0 unspecified atom stereocenters. The van der Waals surface area contributed by atoms with E-state index in [-0.39, 0.29) is 16.8 Å². The molecular weight excluding hydrogens is 200 g/mol. The molecule has 15 heavy (non-hydrogen) atoms. The molecular formula is C9H6N2O4. The van der Waals surface area contributed by atoms with Crippen LogP contribution in [0.3, 0.4) is 0 Å². The molecule has 1 rings (SSSR count). The molecule has 76 valence electrons. The monoisotopic (exact) mass is 206 g/mol. The number of benzene rings is 1. The summed E-state index contributed by atoms with van der Waals surface area (Å²) in [4.78, 5) is 20.8. The summed E-state index contributed by atoms with van der Waals surface area (Å²) >= 11 is 0. The highest BCUT2D eigenvalue weighted by atomic mass is 16.6. The summed E-state index contributed by atoms with van der Waals surface area (Å²) in [5, 5.41) is 19.1. The molecule has 0 spiro atoms. The van der Waals surface area contributed by atoms with Crippen molar-refractivity contribution < 1.29 is 14.5 Å². The fraction of sp³-hybridized carbons (Fsp3) is 0.111. The lowest BCUT2D eigenvalue weighted by molar-refractivity contribution is -0.385. The zero-order chi connectivity index (χ0) is 11.4. The number of hydrogen-bond acceptors (Lipinski definition) is 5. The molecule has 0 aliphatic heterocycles. The van der Waals surface area contributed by atoms with Gasteiger partial charge in [-0.1, -0.05) is 0 Å². The molecule has 0 N–H and O–H groups in total. The number of nitrogens with zero attached hydrogens (tertiary/aromatic N) is 2. The van der Waals surface area contributed by atoms with E-state index in [1.54, 1.807) is 6.07 Å². The largest absolute Gasteiger partial charge is 0.465 e. The lowest BCUT2D eigenvalue weighted by Crippen LogP contribution is -2.02. The molecule has 0 amide bonds. The molecule has 0 aliphatic carbocycles. The number of carbonyl (C=O) groups is 1. The fourth-order valence-corrected chi connectivity index (χ4v) is 1.03. The van der Waals surface area contributed by atoms with Crippen LogP contribution in [-0.4, -0.2) is 18.0 Å². The molecule has 0 atom stereocenters. The Kier molecular flexibility index (Phi) is 2.98. The SMILES string of the molecule is COC(=O)c1ccc([N+](=O)[O-])c(C#N)c1. The Morgan fingerprint density at radius 2 is 2.27 bits per heavy atom. The number of nitro benzene ring substituents is 1. The van der Waals surface area contributed by atoms with Gasteiger partial charge in [-0.2, -0.15) is 5.26 Å². The lowest BCUT2D eigenvalue weighted by Gasteiger charge is -1.99. The summed E-state index contributed by atoms with van der Waals surface area (Å²) in [6, 6.07) is 5.12. The Morgan fingerprint density at radius 1 is 1.60 bits per heavy atom. The van der Waals surface area contributed by atoms with Gasteiger partial charge in [0.2, 0.25) is 0 Å². The number of methoxy groups -OCH3 is 1. The van der Waals surface area contributed by atoms with Gasteiger partial charge in [-0.3, -0.25) is 10.1 Å². The van der Waals surface area contributed by atoms with Gasteiger partial charge in [-0.25, -0.2) is 4.79 Å². The van der Waals surface area contributed by atoms with Crippen molar-refractivity contribution >= 4 is 11.7 Å². The molecule has 0 radical (unpaired) electrons. The van der Waals surface area contributed by atoms with Crippen LogP contribution in [-0.2, 0) is 4.74 Å². The van der Waals surface area contributed by atoms with Gasteiger partial charge in [0.05, 0.1) is 17.6 Å². The highest BCUT2D eigenvalue weighted by Gasteiger charge is 2.16. The minimum absolute atomic E-state index is 0.111. The average molecular weight is 206 g/mol. The first-order valence-corrected chi connectivity index (χ1v) is 3.87. The summed E-state index contributed by atoms with van der Waals surface area (Å²) in [6.45, 7) is 0. The predicted molar refractivity (Wildman–Crippen MR) is 49.2 cm³/mol. The van der Waals surface area contributed by atoms with Gasteiger partial charge in [-0.15, -0.1) is 0 Å². The molecule has 0 saturated carbocycles. The van der Waals surface area contributed by atoms with Crippen LogP contribution in [0.4, 0.5) is 5.69 Å². The topological polar surface area (TPSA) is 93.2 Å². The first kappa shape index (κ1) is 10.7. The smallest absolute Gasteiger partial charge is 0.337 e. The number of hydrogen-bond donors (Lipinski definition) is 0. The van der Waals surface area contributed by atoms with Gasteiger partial charge in [0.15, 0.2) is 0 Å². The molecule has 0 fully saturated rings. The lowest BCUT2D eigenvalue weighted by atomic mass is 10.1. The van der Waals surface area contributed by atoms with E-state index in [1.165, 1.54) is 13.2 Å². The molecule has 0 aliphatic rings. The van der Waals surface area contributed by atoms with E-state index in [2.05, 4.69) is 4.74 Å². The third-order valence-corrected chi connectivity index (χ3v) is 1.73. The van der Waals surface area contributed by atoms with Crippen LogP contribution in [0, 0.1) is 21.4 Å². The van der Waals surface area contributed by atoms with E-state index < -0.39 is 10.9 Å². The Balaban J connectivity index is 3.27. The van der Waals surface area contributed by atoms with Crippen molar-refractivity contribution in [3.05, 3.63) is 39.4 Å². The van der Waals surface area contributed by atoms with Crippen molar-refractivity contribution in [2.75, 3.05) is 7.11 Å². The molecule has 0 bridgehead atoms. The molecule has 1 aromatic rings. The number of ether oxygens (including phenoxy) is 1. The molecule has 0 aromatic heterocycles. The standard InChI is InChI=1S/C9H6N2O4/c1-15-9(12)6-2-3-8(11(13)14)7(4-6)5-10/h2-4H,1H3. The van der Waals surface area contributed by atoms with Crippen LogP contribution in [0.2, 0.25) is 0 Å². The Bertz CT molecular complexity index is 462. The van der Waals surface area contributed by atoms with E-state index in [0.717, 1.165) is 12.1 Å². The second-order valence-electron chi connectivity index (χ2n) is 2.59. The first-order valence-electron chi connectivity index (χ1n) is 3.87. The average Bonchev–Trinajstić information content (AvgIpc) is 2.26. The number of nitro groups is 1. The molecule has 6 nitrogen and oxygen atoms in total. The van der Waals surface area contributed by atoms with Crippen LogP contribution in [0.1, 0.15) is 15.9 Å². The van der Waals surface area contributed by atoms with Gasteiger partial charge in [0.25, 0.3) is 5.69 Å². The van der Waals surface area contributed by atoms with Gasteiger partial charge >= 0.3 is 5.97 Å². The summed E-state index contributed by atoms with van der Waals surface area (Å²) in [7, 11) is 1.19.